The second-order valence-electron chi connectivity index (χ2n) is 18.8. The van der Waals surface area contributed by atoms with E-state index in [-0.39, 0.29) is 31.3 Å². The molecule has 5 aliphatic heterocycles. The second-order valence-corrected chi connectivity index (χ2v) is 18.8. The number of esters is 3. The first-order chi connectivity index (χ1) is 29.5. The molecular formula is C48H58F2N4O8. The number of aliphatic hydroxyl groups is 1. The fourth-order valence-corrected chi connectivity index (χ4v) is 13.6. The molecule has 14 heteroatoms. The van der Waals surface area contributed by atoms with E-state index in [0.29, 0.717) is 68.1 Å². The van der Waals surface area contributed by atoms with E-state index in [2.05, 4.69) is 21.4 Å². The van der Waals surface area contributed by atoms with E-state index in [1.807, 2.05) is 61.4 Å². The van der Waals surface area contributed by atoms with Crippen LogP contribution in [0, 0.1) is 17.3 Å². The topological polar surface area (TPSA) is 134 Å². The molecule has 2 bridgehead atoms. The van der Waals surface area contributed by atoms with Gasteiger partial charge in [0.2, 0.25) is 11.5 Å². The SMILES string of the molecule is C=Cc1ccc2[nH]c3c(c2c1)CCN1CC(C(C)(F)F)C[C@@H](C1)C[C@]3(C(=O)OC)c1cc2c(cc1OC)N(C)[C@H]1[C@@](O)(C(=O)OC)[C@H](OC(C)=O)[C@]3(CC)C=CCN4CC[C@]21[C@@H]43. The second kappa shape index (κ2) is 14.6. The lowest BCUT2D eigenvalue weighted by molar-refractivity contribution is -0.228. The molecule has 3 aromatic rings. The van der Waals surface area contributed by atoms with Gasteiger partial charge in [0.15, 0.2) is 6.10 Å². The molecule has 10 atom stereocenters. The first kappa shape index (κ1) is 42.5. The zero-order valence-corrected chi connectivity index (χ0v) is 36.7. The van der Waals surface area contributed by atoms with Crippen LogP contribution < -0.4 is 9.64 Å². The molecule has 2 aromatic carbocycles. The van der Waals surface area contributed by atoms with Crippen LogP contribution in [-0.2, 0) is 45.8 Å². The Labute approximate surface area is 361 Å². The summed E-state index contributed by atoms with van der Waals surface area (Å²) in [6.45, 7) is 10.7. The number of halogens is 2. The number of fused-ring (bicyclic) bond motifs is 6. The van der Waals surface area contributed by atoms with Crippen molar-refractivity contribution in [1.82, 2.24) is 14.8 Å². The Bertz CT molecular complexity index is 2390. The van der Waals surface area contributed by atoms with E-state index in [1.54, 1.807) is 6.08 Å². The molecule has 3 fully saturated rings. The van der Waals surface area contributed by atoms with Gasteiger partial charge in [0, 0.05) is 96.9 Å². The summed E-state index contributed by atoms with van der Waals surface area (Å²) in [5.74, 6) is -5.99. The van der Waals surface area contributed by atoms with Crippen LogP contribution in [0.3, 0.4) is 0 Å². The minimum atomic E-state index is -2.95. The number of nitrogens with one attached hydrogen (secondary N) is 1. The Morgan fingerprint density at radius 3 is 2.47 bits per heavy atom. The van der Waals surface area contributed by atoms with Crippen LogP contribution in [0.5, 0.6) is 5.75 Å². The molecule has 6 heterocycles. The summed E-state index contributed by atoms with van der Waals surface area (Å²) in [5.41, 5.74) is -0.810. The van der Waals surface area contributed by atoms with Crippen LogP contribution in [0.2, 0.25) is 0 Å². The number of rotatable bonds is 8. The van der Waals surface area contributed by atoms with Gasteiger partial charge in [0.25, 0.3) is 0 Å². The number of anilines is 1. The average Bonchev–Trinajstić information content (AvgIpc) is 3.91. The molecule has 2 saturated heterocycles. The van der Waals surface area contributed by atoms with Gasteiger partial charge in [-0.15, -0.1) is 0 Å². The zero-order chi connectivity index (χ0) is 44.3. The van der Waals surface area contributed by atoms with Crippen molar-refractivity contribution in [3.63, 3.8) is 0 Å². The number of methoxy groups -OCH3 is 3. The van der Waals surface area contributed by atoms with Gasteiger partial charge in [-0.3, -0.25) is 14.5 Å². The molecule has 1 aliphatic carbocycles. The highest BCUT2D eigenvalue weighted by Crippen LogP contribution is 2.68. The van der Waals surface area contributed by atoms with E-state index in [9.17, 15) is 14.7 Å². The summed E-state index contributed by atoms with van der Waals surface area (Å²) >= 11 is 0. The Hall–Kier alpha value is -4.79. The van der Waals surface area contributed by atoms with Crippen molar-refractivity contribution in [1.29, 1.82) is 0 Å². The standard InChI is InChI=1S/C48H58F2N4O8/c1-9-28-12-13-35-32(21-28)31-14-18-53-25-29(20-30(26-53)44(4,49)50)24-47(38(31)51-35,42(56)60-7)34-22-33-36(23-37(34)59-6)52(5)40-46(33)16-19-54-17-11-15-45(10-2,39(46)54)41(62-27(3)55)48(40,58)43(57)61-8/h9,11-13,15,21-23,29-30,39-41,51,58H,1,10,14,16-20,24-26H2,2-8H3/t29-,30?,39+,40-,41-,45-,46-,47+,48+/m1/s1. The third-order valence-electron chi connectivity index (χ3n) is 15.9. The molecule has 1 aromatic heterocycles. The number of carbonyl (C=O) groups is 3. The van der Waals surface area contributed by atoms with Gasteiger partial charge >= 0.3 is 17.9 Å². The number of ether oxygens (including phenoxy) is 4. The third kappa shape index (κ3) is 5.60. The van der Waals surface area contributed by atoms with E-state index >= 15 is 13.6 Å². The molecule has 2 N–H and O–H groups in total. The van der Waals surface area contributed by atoms with E-state index in [1.165, 1.54) is 28.3 Å². The van der Waals surface area contributed by atoms with Gasteiger partial charge < -0.3 is 38.8 Å². The van der Waals surface area contributed by atoms with Gasteiger partial charge in [-0.1, -0.05) is 37.8 Å². The monoisotopic (exact) mass is 856 g/mol. The molecule has 1 spiro atoms. The quantitative estimate of drug-likeness (QED) is 0.163. The minimum absolute atomic E-state index is 0.135. The molecule has 9 rings (SSSR count). The van der Waals surface area contributed by atoms with Crippen LogP contribution in [0.15, 0.2) is 49.1 Å². The van der Waals surface area contributed by atoms with Crippen molar-refractivity contribution in [2.75, 3.05) is 66.0 Å². The third-order valence-corrected chi connectivity index (χ3v) is 15.9. The fourth-order valence-electron chi connectivity index (χ4n) is 13.6. The fraction of sp³-hybridized carbons (Fsp3) is 0.562. The summed E-state index contributed by atoms with van der Waals surface area (Å²) in [7, 11) is 5.94. The highest BCUT2D eigenvalue weighted by molar-refractivity contribution is 5.95. The molecule has 332 valence electrons. The number of aromatic amines is 1. The number of hydrogen-bond donors (Lipinski definition) is 2. The van der Waals surface area contributed by atoms with Crippen LogP contribution in [0.1, 0.15) is 74.4 Å². The number of H-pyrrole nitrogens is 1. The number of carbonyl (C=O) groups excluding carboxylic acids is 3. The zero-order valence-electron chi connectivity index (χ0n) is 36.7. The van der Waals surface area contributed by atoms with Gasteiger partial charge in [-0.05, 0) is 86.4 Å². The van der Waals surface area contributed by atoms with Crippen LogP contribution in [-0.4, -0.2) is 129 Å². The van der Waals surface area contributed by atoms with Gasteiger partial charge in [0.05, 0.1) is 27.4 Å². The molecule has 12 nitrogen and oxygen atoms in total. The molecule has 1 saturated carbocycles. The summed E-state index contributed by atoms with van der Waals surface area (Å²) < 4.78 is 54.7. The van der Waals surface area contributed by atoms with E-state index in [4.69, 9.17) is 18.9 Å². The molecule has 6 aliphatic rings. The predicted molar refractivity (Wildman–Crippen MR) is 229 cm³/mol. The van der Waals surface area contributed by atoms with Crippen molar-refractivity contribution in [3.8, 4) is 5.75 Å². The first-order valence-electron chi connectivity index (χ1n) is 21.8. The number of nitrogens with zero attached hydrogens (tertiary/aromatic N) is 3. The van der Waals surface area contributed by atoms with Crippen LogP contribution in [0.25, 0.3) is 17.0 Å². The van der Waals surface area contributed by atoms with E-state index < -0.39 is 63.7 Å². The average molecular weight is 857 g/mol. The lowest BCUT2D eigenvalue weighted by Crippen LogP contribution is -2.81. The molecule has 2 unspecified atom stereocenters. The molecule has 62 heavy (non-hydrogen) atoms. The van der Waals surface area contributed by atoms with E-state index in [0.717, 1.165) is 34.5 Å². The summed E-state index contributed by atoms with van der Waals surface area (Å²) in [5, 5.41) is 14.2. The number of piperidine rings is 1. The van der Waals surface area contributed by atoms with Crippen molar-refractivity contribution < 1.29 is 47.2 Å². The maximum absolute atomic E-state index is 15.4. The number of aromatic nitrogens is 1. The summed E-state index contributed by atoms with van der Waals surface area (Å²) in [4.78, 5) is 52.9. The lowest BCUT2D eigenvalue weighted by Gasteiger charge is -2.63. The number of likely N-dealkylation sites (N-methyl/N-ethyl adjacent to an activating group) is 1. The summed E-state index contributed by atoms with van der Waals surface area (Å²) in [6, 6.07) is 8.51. The largest absolute Gasteiger partial charge is 0.496 e. The van der Waals surface area contributed by atoms with Crippen LogP contribution >= 0.6 is 0 Å². The maximum Gasteiger partial charge on any atom is 0.344 e. The van der Waals surface area contributed by atoms with Crippen LogP contribution in [0.4, 0.5) is 14.5 Å². The molecular weight excluding hydrogens is 799 g/mol. The van der Waals surface area contributed by atoms with Crippen molar-refractivity contribution in [3.05, 3.63) is 77.0 Å². The maximum atomic E-state index is 15.4. The normalized spacial score (nSPS) is 34.8. The molecule has 0 radical (unpaired) electrons. The van der Waals surface area contributed by atoms with Crippen molar-refractivity contribution in [2.24, 2.45) is 17.3 Å². The Balaban J connectivity index is 1.37. The highest BCUT2D eigenvalue weighted by atomic mass is 19.3. The number of hydrogen-bond acceptors (Lipinski definition) is 11. The van der Waals surface area contributed by atoms with Gasteiger partial charge in [-0.2, -0.15) is 0 Å². The van der Waals surface area contributed by atoms with Crippen molar-refractivity contribution >= 4 is 40.6 Å². The first-order valence-corrected chi connectivity index (χ1v) is 21.8. The van der Waals surface area contributed by atoms with Gasteiger partial charge in [-0.25, -0.2) is 13.6 Å². The molecule has 0 amide bonds. The Kier molecular flexibility index (Phi) is 10.0. The Morgan fingerprint density at radius 1 is 1.05 bits per heavy atom. The van der Waals surface area contributed by atoms with Gasteiger partial charge in [0.1, 0.15) is 11.2 Å². The predicted octanol–water partition coefficient (Wildman–Crippen LogP) is 5.76. The number of benzene rings is 2. The van der Waals surface area contributed by atoms with Crippen molar-refractivity contribution in [2.45, 2.75) is 93.4 Å². The Morgan fingerprint density at radius 2 is 1.81 bits per heavy atom. The smallest absolute Gasteiger partial charge is 0.344 e. The summed E-state index contributed by atoms with van der Waals surface area (Å²) in [6.07, 6.45) is 6.22. The lowest BCUT2D eigenvalue weighted by atomic mass is 9.47. The number of alkyl halides is 2. The highest BCUT2D eigenvalue weighted by Gasteiger charge is 2.80. The minimum Gasteiger partial charge on any atom is -0.496 e.